The van der Waals surface area contributed by atoms with Crippen LogP contribution in [0, 0.1) is 11.6 Å². The maximum Gasteiger partial charge on any atom is 0.319 e. The van der Waals surface area contributed by atoms with Crippen molar-refractivity contribution >= 4 is 27.5 Å². The first-order valence-corrected chi connectivity index (χ1v) is 16.6. The van der Waals surface area contributed by atoms with Gasteiger partial charge in [0.1, 0.15) is 41.4 Å². The Morgan fingerprint density at radius 1 is 1.02 bits per heavy atom. The normalized spacial score (nSPS) is 26.0. The van der Waals surface area contributed by atoms with Crippen molar-refractivity contribution in [1.29, 1.82) is 0 Å². The number of hydrogen-bond acceptors (Lipinski definition) is 8. The number of piperazine rings is 1. The summed E-state index contributed by atoms with van der Waals surface area (Å²) in [6, 6.07) is 6.64. The number of aryl methyl sites for hydroxylation is 2. The zero-order chi connectivity index (χ0) is 31.7. The maximum absolute atomic E-state index is 17.1. The van der Waals surface area contributed by atoms with Crippen LogP contribution in [0.1, 0.15) is 57.2 Å². The fourth-order valence-electron chi connectivity index (χ4n) is 8.58. The van der Waals surface area contributed by atoms with E-state index in [1.807, 2.05) is 13.8 Å². The maximum atomic E-state index is 17.1. The van der Waals surface area contributed by atoms with E-state index in [-0.39, 0.29) is 29.6 Å². The quantitative estimate of drug-likeness (QED) is 0.263. The molecule has 242 valence electrons. The van der Waals surface area contributed by atoms with Gasteiger partial charge in [0.05, 0.1) is 16.6 Å². The van der Waals surface area contributed by atoms with Crippen LogP contribution in [0.2, 0.25) is 0 Å². The first-order chi connectivity index (χ1) is 22.3. The molecule has 2 N–H and O–H groups in total. The fraction of sp³-hybridized carbons (Fsp3) is 0.514. The molecule has 46 heavy (non-hydrogen) atoms. The summed E-state index contributed by atoms with van der Waals surface area (Å²) in [7, 11) is 0. The van der Waals surface area contributed by atoms with Crippen molar-refractivity contribution in [2.24, 2.45) is 0 Å². The Hall–Kier alpha value is -3.70. The molecule has 8 rings (SSSR count). The average Bonchev–Trinajstić information content (AvgIpc) is 3.70. The van der Waals surface area contributed by atoms with E-state index < -0.39 is 23.3 Å². The van der Waals surface area contributed by atoms with E-state index in [0.717, 1.165) is 32.2 Å². The first kappa shape index (κ1) is 29.7. The number of nitrogens with zero attached hydrogens (tertiary/aromatic N) is 5. The largest absolute Gasteiger partial charge is 0.508 e. The number of benzene rings is 2. The lowest BCUT2D eigenvalue weighted by atomic mass is 9.94. The second-order valence-corrected chi connectivity index (χ2v) is 13.5. The topological polar surface area (TPSA) is 86.6 Å². The third-order valence-electron chi connectivity index (χ3n) is 10.7. The van der Waals surface area contributed by atoms with E-state index in [4.69, 9.17) is 19.7 Å². The van der Waals surface area contributed by atoms with E-state index >= 15 is 8.78 Å². The number of aromatic hydroxyl groups is 1. The number of hydrogen-bond donors (Lipinski definition) is 2. The van der Waals surface area contributed by atoms with Crippen LogP contribution in [-0.4, -0.2) is 81.5 Å². The lowest BCUT2D eigenvalue weighted by Gasteiger charge is -2.35. The van der Waals surface area contributed by atoms with Gasteiger partial charge in [-0.15, -0.1) is 0 Å². The van der Waals surface area contributed by atoms with Gasteiger partial charge in [0.15, 0.2) is 5.82 Å². The third kappa shape index (κ3) is 4.76. The molecule has 4 aliphatic rings. The number of rotatable bonds is 7. The van der Waals surface area contributed by atoms with E-state index in [1.54, 1.807) is 12.1 Å². The number of phenolic OH excluding ortho intramolecular Hbond substituents is 1. The highest BCUT2D eigenvalue weighted by Crippen LogP contribution is 2.43. The van der Waals surface area contributed by atoms with Crippen molar-refractivity contribution in [2.45, 2.75) is 82.6 Å². The number of pyridine rings is 1. The minimum absolute atomic E-state index is 0.00171. The average molecular weight is 633 g/mol. The molecule has 11 heteroatoms. The van der Waals surface area contributed by atoms with Crippen molar-refractivity contribution in [1.82, 2.24) is 25.2 Å². The Labute approximate surface area is 266 Å². The second-order valence-electron chi connectivity index (χ2n) is 13.5. The molecule has 2 aromatic heterocycles. The van der Waals surface area contributed by atoms with Crippen molar-refractivity contribution in [2.75, 3.05) is 37.7 Å². The van der Waals surface area contributed by atoms with Gasteiger partial charge < -0.3 is 20.1 Å². The van der Waals surface area contributed by atoms with Gasteiger partial charge in [0.2, 0.25) is 0 Å². The summed E-state index contributed by atoms with van der Waals surface area (Å²) in [4.78, 5) is 18.8. The predicted molar refractivity (Wildman–Crippen MR) is 171 cm³/mol. The van der Waals surface area contributed by atoms with E-state index in [0.29, 0.717) is 89.8 Å². The van der Waals surface area contributed by atoms with E-state index in [9.17, 15) is 9.50 Å². The molecule has 0 aliphatic carbocycles. The smallest absolute Gasteiger partial charge is 0.319 e. The van der Waals surface area contributed by atoms with Gasteiger partial charge in [0, 0.05) is 43.7 Å². The molecule has 2 aromatic carbocycles. The number of nitrogens with one attached hydrogen (secondary N) is 1. The van der Waals surface area contributed by atoms with Crippen LogP contribution in [0.3, 0.4) is 0 Å². The van der Waals surface area contributed by atoms with Gasteiger partial charge in [-0.05, 0) is 79.6 Å². The third-order valence-corrected chi connectivity index (χ3v) is 10.7. The number of anilines is 1. The number of alkyl halides is 1. The van der Waals surface area contributed by atoms with Crippen molar-refractivity contribution in [3.05, 3.63) is 47.2 Å². The molecule has 0 radical (unpaired) electrons. The Bertz CT molecular complexity index is 1840. The highest BCUT2D eigenvalue weighted by Gasteiger charge is 2.49. The lowest BCUT2D eigenvalue weighted by Crippen LogP contribution is -2.51. The van der Waals surface area contributed by atoms with E-state index in [2.05, 4.69) is 15.1 Å². The molecular formula is C35H39F3N6O2. The molecule has 6 heterocycles. The van der Waals surface area contributed by atoms with Gasteiger partial charge in [-0.3, -0.25) is 4.90 Å². The minimum Gasteiger partial charge on any atom is -0.508 e. The Morgan fingerprint density at radius 2 is 1.83 bits per heavy atom. The Balaban J connectivity index is 1.32. The molecule has 4 fully saturated rings. The van der Waals surface area contributed by atoms with Crippen LogP contribution < -0.4 is 15.0 Å². The zero-order valence-corrected chi connectivity index (χ0v) is 26.3. The number of halogens is 3. The summed E-state index contributed by atoms with van der Waals surface area (Å²) in [5, 5.41) is 16.0. The fourth-order valence-corrected chi connectivity index (χ4v) is 8.58. The van der Waals surface area contributed by atoms with Gasteiger partial charge in [-0.2, -0.15) is 9.97 Å². The zero-order valence-electron chi connectivity index (χ0n) is 26.3. The number of fused-ring (bicyclic) bond motifs is 5. The minimum atomic E-state index is -0.901. The molecule has 4 saturated heterocycles. The van der Waals surface area contributed by atoms with Gasteiger partial charge in [0.25, 0.3) is 0 Å². The molecule has 0 saturated carbocycles. The monoisotopic (exact) mass is 632 g/mol. The molecule has 8 nitrogen and oxygen atoms in total. The van der Waals surface area contributed by atoms with Crippen molar-refractivity contribution in [3.63, 3.8) is 0 Å². The van der Waals surface area contributed by atoms with E-state index in [1.165, 1.54) is 12.1 Å². The predicted octanol–water partition coefficient (Wildman–Crippen LogP) is 5.85. The summed E-state index contributed by atoms with van der Waals surface area (Å²) in [6.45, 7) is 6.69. The number of ether oxygens (including phenoxy) is 1. The standard InChI is InChI=1S/C35H39F3N6O2/c1-3-24-26(37)9-6-19-12-23(45)13-25(28(19)24)31-30(38)32-29(27(4-2)40-31)33(43-16-21-7-8-22(17-43)39-21)42-34(41-32)46-18-35-10-5-11-44(35)15-20(36)14-35/h6,9,12-13,20-22,39,45H,3-5,7-8,10-11,14-18H2,1-2H3/t20-,21-,22+,35+/m1/s1. The molecule has 4 atom stereocenters. The number of phenols is 1. The van der Waals surface area contributed by atoms with Crippen LogP contribution in [0.4, 0.5) is 19.0 Å². The molecule has 2 bridgehead atoms. The van der Waals surface area contributed by atoms with Crippen LogP contribution in [0.5, 0.6) is 11.8 Å². The molecule has 4 aromatic rings. The van der Waals surface area contributed by atoms with Crippen LogP contribution in [-0.2, 0) is 12.8 Å². The summed E-state index contributed by atoms with van der Waals surface area (Å²) >= 11 is 0. The number of aromatic nitrogens is 3. The van der Waals surface area contributed by atoms with Crippen LogP contribution in [0.15, 0.2) is 24.3 Å². The van der Waals surface area contributed by atoms with Crippen molar-refractivity contribution < 1.29 is 23.0 Å². The molecule has 4 aliphatic heterocycles. The molecule has 0 unspecified atom stereocenters. The summed E-state index contributed by atoms with van der Waals surface area (Å²) in [5.74, 6) is -0.551. The molecule has 0 spiro atoms. The summed E-state index contributed by atoms with van der Waals surface area (Å²) in [5.41, 5.74) is 1.01. The molecule has 0 amide bonds. The summed E-state index contributed by atoms with van der Waals surface area (Å²) in [6.07, 6.45) is 4.29. The highest BCUT2D eigenvalue weighted by molar-refractivity contribution is 6.02. The highest BCUT2D eigenvalue weighted by atomic mass is 19.1. The van der Waals surface area contributed by atoms with Gasteiger partial charge in [-0.25, -0.2) is 18.2 Å². The Morgan fingerprint density at radius 3 is 2.59 bits per heavy atom. The van der Waals surface area contributed by atoms with Crippen LogP contribution >= 0.6 is 0 Å². The first-order valence-electron chi connectivity index (χ1n) is 16.6. The van der Waals surface area contributed by atoms with Crippen molar-refractivity contribution in [3.8, 4) is 23.0 Å². The van der Waals surface area contributed by atoms with Crippen LogP contribution in [0.25, 0.3) is 32.9 Å². The Kier molecular flexibility index (Phi) is 7.24. The SMILES string of the molecule is CCc1c(F)ccc2cc(O)cc(-c3nc(CC)c4c(N5C[C@H]6CC[C@@H](C5)N6)nc(OC[C@@]56CCCN5C[C@H](F)C6)nc4c3F)c12. The molecular weight excluding hydrogens is 593 g/mol. The summed E-state index contributed by atoms with van der Waals surface area (Å²) < 4.78 is 53.0. The van der Waals surface area contributed by atoms with Gasteiger partial charge in [-0.1, -0.05) is 19.9 Å². The second kappa shape index (κ2) is 11.2. The lowest BCUT2D eigenvalue weighted by molar-refractivity contribution is 0.107. The van der Waals surface area contributed by atoms with Gasteiger partial charge >= 0.3 is 6.01 Å².